The normalized spacial score (nSPS) is 10.1. The first kappa shape index (κ1) is 8.61. The number of hydrogen-bond donors (Lipinski definition) is 1. The van der Waals surface area contributed by atoms with E-state index in [1.165, 1.54) is 6.33 Å². The highest BCUT2D eigenvalue weighted by molar-refractivity contribution is 5.30. The third kappa shape index (κ3) is 1.68. The molecule has 0 aliphatic heterocycles. The van der Waals surface area contributed by atoms with Gasteiger partial charge in [-0.05, 0) is 6.92 Å². The largest absolute Gasteiger partial charge is 0.354 e. The van der Waals surface area contributed by atoms with Gasteiger partial charge in [0.15, 0.2) is 5.82 Å². The van der Waals surface area contributed by atoms with Crippen molar-refractivity contribution in [3.63, 3.8) is 0 Å². The van der Waals surface area contributed by atoms with Crippen molar-refractivity contribution in [3.8, 4) is 5.82 Å². The molecule has 2 rings (SSSR count). The Kier molecular flexibility index (Phi) is 2.35. The van der Waals surface area contributed by atoms with E-state index in [1.807, 2.05) is 6.92 Å². The van der Waals surface area contributed by atoms with E-state index in [-0.39, 0.29) is 0 Å². The van der Waals surface area contributed by atoms with Gasteiger partial charge in [0.2, 0.25) is 5.95 Å². The van der Waals surface area contributed by atoms with Crippen LogP contribution in [0.25, 0.3) is 5.82 Å². The highest BCUT2D eigenvalue weighted by atomic mass is 15.3. The van der Waals surface area contributed by atoms with Gasteiger partial charge < -0.3 is 5.32 Å². The summed E-state index contributed by atoms with van der Waals surface area (Å²) in [6.45, 7) is 2.78. The molecule has 0 aliphatic rings. The Hall–Kier alpha value is -1.98. The molecule has 0 aromatic carbocycles. The first-order valence-corrected chi connectivity index (χ1v) is 4.32. The minimum absolute atomic E-state index is 0.598. The average Bonchev–Trinajstić information content (AvgIpc) is 2.71. The van der Waals surface area contributed by atoms with Gasteiger partial charge in [0.25, 0.3) is 0 Å². The second-order valence-electron chi connectivity index (χ2n) is 2.61. The van der Waals surface area contributed by atoms with E-state index in [1.54, 1.807) is 23.3 Å². The van der Waals surface area contributed by atoms with Gasteiger partial charge in [-0.25, -0.2) is 14.6 Å². The van der Waals surface area contributed by atoms with Gasteiger partial charge in [-0.3, -0.25) is 0 Å². The zero-order chi connectivity index (χ0) is 9.80. The molecule has 0 saturated carbocycles. The smallest absolute Gasteiger partial charge is 0.224 e. The van der Waals surface area contributed by atoms with Gasteiger partial charge in [0.1, 0.15) is 12.7 Å². The van der Waals surface area contributed by atoms with Crippen LogP contribution in [0.15, 0.2) is 24.9 Å². The molecule has 14 heavy (non-hydrogen) atoms. The van der Waals surface area contributed by atoms with Gasteiger partial charge in [-0.2, -0.15) is 10.1 Å². The predicted octanol–water partition coefficient (Wildman–Crippen LogP) is 0.489. The number of aromatic nitrogens is 5. The topological polar surface area (TPSA) is 68.5 Å². The Morgan fingerprint density at radius 1 is 1.50 bits per heavy atom. The lowest BCUT2D eigenvalue weighted by atomic mass is 10.6. The Balaban J connectivity index is 2.31. The molecule has 6 nitrogen and oxygen atoms in total. The van der Waals surface area contributed by atoms with Crippen LogP contribution in [-0.2, 0) is 0 Å². The molecule has 0 radical (unpaired) electrons. The van der Waals surface area contributed by atoms with Crippen molar-refractivity contribution < 1.29 is 0 Å². The van der Waals surface area contributed by atoms with Crippen molar-refractivity contribution in [2.75, 3.05) is 11.9 Å². The first-order valence-electron chi connectivity index (χ1n) is 4.32. The van der Waals surface area contributed by atoms with Crippen molar-refractivity contribution in [1.29, 1.82) is 0 Å². The van der Waals surface area contributed by atoms with E-state index in [4.69, 9.17) is 0 Å². The lowest BCUT2D eigenvalue weighted by molar-refractivity contribution is 0.838. The summed E-state index contributed by atoms with van der Waals surface area (Å²) in [5.74, 6) is 1.30. The summed E-state index contributed by atoms with van der Waals surface area (Å²) in [4.78, 5) is 12.1. The molecule has 0 aliphatic carbocycles. The number of nitrogens with zero attached hydrogens (tertiary/aromatic N) is 5. The molecule has 0 atom stereocenters. The molecule has 2 heterocycles. The second-order valence-corrected chi connectivity index (χ2v) is 2.61. The Labute approximate surface area is 81.0 Å². The Morgan fingerprint density at radius 3 is 3.14 bits per heavy atom. The number of anilines is 1. The van der Waals surface area contributed by atoms with E-state index in [0.717, 1.165) is 6.54 Å². The van der Waals surface area contributed by atoms with Gasteiger partial charge in [0, 0.05) is 18.8 Å². The zero-order valence-corrected chi connectivity index (χ0v) is 7.75. The monoisotopic (exact) mass is 190 g/mol. The fourth-order valence-corrected chi connectivity index (χ4v) is 1.05. The lowest BCUT2D eigenvalue weighted by Crippen LogP contribution is -2.05. The zero-order valence-electron chi connectivity index (χ0n) is 7.75. The number of hydrogen-bond acceptors (Lipinski definition) is 5. The molecule has 2 aromatic heterocycles. The maximum atomic E-state index is 4.24. The highest BCUT2D eigenvalue weighted by Gasteiger charge is 1.99. The van der Waals surface area contributed by atoms with E-state index in [0.29, 0.717) is 11.8 Å². The molecule has 0 spiro atoms. The third-order valence-corrected chi connectivity index (χ3v) is 1.63. The fraction of sp³-hybridized carbons (Fsp3) is 0.250. The van der Waals surface area contributed by atoms with Crippen LogP contribution in [0.5, 0.6) is 0 Å². The quantitative estimate of drug-likeness (QED) is 0.762. The van der Waals surface area contributed by atoms with Crippen LogP contribution in [0.1, 0.15) is 6.92 Å². The number of rotatable bonds is 3. The fourth-order valence-electron chi connectivity index (χ4n) is 1.05. The van der Waals surface area contributed by atoms with E-state index < -0.39 is 0 Å². The molecule has 0 bridgehead atoms. The lowest BCUT2D eigenvalue weighted by Gasteiger charge is -2.02. The summed E-state index contributed by atoms with van der Waals surface area (Å²) < 4.78 is 1.59. The van der Waals surface area contributed by atoms with Crippen LogP contribution in [-0.4, -0.2) is 31.3 Å². The standard InChI is InChI=1S/C8H10N6/c1-2-10-8-11-4-3-7(13-8)14-6-9-5-12-14/h3-6H,2H2,1H3,(H,10,11,13). The summed E-state index contributed by atoms with van der Waals surface area (Å²) in [5, 5.41) is 7.00. The van der Waals surface area contributed by atoms with Crippen molar-refractivity contribution >= 4 is 5.95 Å². The minimum Gasteiger partial charge on any atom is -0.354 e. The van der Waals surface area contributed by atoms with Crippen molar-refractivity contribution in [2.45, 2.75) is 6.92 Å². The van der Waals surface area contributed by atoms with Crippen LogP contribution in [0.4, 0.5) is 5.95 Å². The van der Waals surface area contributed by atoms with Gasteiger partial charge in [-0.1, -0.05) is 0 Å². The summed E-state index contributed by atoms with van der Waals surface area (Å²) in [6, 6.07) is 1.77. The van der Waals surface area contributed by atoms with Gasteiger partial charge in [0.05, 0.1) is 0 Å². The summed E-state index contributed by atoms with van der Waals surface area (Å²) in [5.41, 5.74) is 0. The third-order valence-electron chi connectivity index (χ3n) is 1.63. The molecular formula is C8H10N6. The van der Waals surface area contributed by atoms with Gasteiger partial charge >= 0.3 is 0 Å². The second kappa shape index (κ2) is 3.82. The average molecular weight is 190 g/mol. The summed E-state index contributed by atoms with van der Waals surface area (Å²) in [6.07, 6.45) is 4.75. The minimum atomic E-state index is 0.598. The summed E-state index contributed by atoms with van der Waals surface area (Å²) in [7, 11) is 0. The van der Waals surface area contributed by atoms with E-state index in [2.05, 4.69) is 25.4 Å². The molecule has 0 saturated heterocycles. The van der Waals surface area contributed by atoms with E-state index in [9.17, 15) is 0 Å². The van der Waals surface area contributed by atoms with Gasteiger partial charge in [-0.15, -0.1) is 0 Å². The molecule has 1 N–H and O–H groups in total. The molecule has 2 aromatic rings. The van der Waals surface area contributed by atoms with Crippen LogP contribution >= 0.6 is 0 Å². The van der Waals surface area contributed by atoms with Crippen molar-refractivity contribution in [2.24, 2.45) is 0 Å². The SMILES string of the molecule is CCNc1nccc(-n2cncn2)n1. The number of nitrogens with one attached hydrogen (secondary N) is 1. The molecule has 0 fully saturated rings. The maximum Gasteiger partial charge on any atom is 0.224 e. The van der Waals surface area contributed by atoms with Crippen LogP contribution in [0.3, 0.4) is 0 Å². The van der Waals surface area contributed by atoms with Crippen LogP contribution in [0.2, 0.25) is 0 Å². The first-order chi connectivity index (χ1) is 6.90. The predicted molar refractivity (Wildman–Crippen MR) is 51.1 cm³/mol. The van der Waals surface area contributed by atoms with E-state index >= 15 is 0 Å². The van der Waals surface area contributed by atoms with Crippen LogP contribution < -0.4 is 5.32 Å². The molecule has 0 amide bonds. The van der Waals surface area contributed by atoms with Crippen LogP contribution in [0, 0.1) is 0 Å². The molecule has 6 heteroatoms. The highest BCUT2D eigenvalue weighted by Crippen LogP contribution is 2.03. The maximum absolute atomic E-state index is 4.24. The Bertz CT molecular complexity index is 396. The van der Waals surface area contributed by atoms with Crippen molar-refractivity contribution in [1.82, 2.24) is 24.7 Å². The Morgan fingerprint density at radius 2 is 2.43 bits per heavy atom. The molecular weight excluding hydrogens is 180 g/mol. The summed E-state index contributed by atoms with van der Waals surface area (Å²) >= 11 is 0. The molecule has 0 unspecified atom stereocenters. The van der Waals surface area contributed by atoms with Crippen molar-refractivity contribution in [3.05, 3.63) is 24.9 Å². The molecule has 72 valence electrons.